The lowest BCUT2D eigenvalue weighted by atomic mass is 10.2. The van der Waals surface area contributed by atoms with Crippen LogP contribution in [-0.4, -0.2) is 22.3 Å². The summed E-state index contributed by atoms with van der Waals surface area (Å²) in [6.45, 7) is 0.687. The Morgan fingerprint density at radius 3 is 2.75 bits per heavy atom. The topological polar surface area (TPSA) is 46.3 Å². The minimum absolute atomic E-state index is 0.0238. The molecule has 1 atom stereocenters. The number of hydrogen-bond acceptors (Lipinski definition) is 4. The van der Waals surface area contributed by atoms with E-state index in [0.29, 0.717) is 18.1 Å². The Bertz CT molecular complexity index is 1120. The minimum Gasteiger partial charge on any atom is -0.451 e. The third-order valence-electron chi connectivity index (χ3n) is 5.05. The Balaban J connectivity index is 1.42. The highest BCUT2D eigenvalue weighted by atomic mass is 32.1. The molecule has 4 aromatic rings. The van der Waals surface area contributed by atoms with Gasteiger partial charge in [-0.15, -0.1) is 11.3 Å². The first-order chi connectivity index (χ1) is 13.7. The molecule has 0 aliphatic carbocycles. The minimum atomic E-state index is -0.303. The van der Waals surface area contributed by atoms with E-state index in [1.165, 1.54) is 12.1 Å². The first kappa shape index (κ1) is 17.1. The van der Waals surface area contributed by atoms with E-state index in [4.69, 9.17) is 9.40 Å². The van der Waals surface area contributed by atoms with Gasteiger partial charge in [-0.25, -0.2) is 9.37 Å². The Kier molecular flexibility index (Phi) is 4.20. The van der Waals surface area contributed by atoms with E-state index in [0.717, 1.165) is 33.6 Å². The molecule has 5 rings (SSSR count). The average molecular weight is 392 g/mol. The number of carbonyl (C=O) groups excluding carboxylic acids is 1. The molecule has 1 aliphatic rings. The number of halogens is 1. The quantitative estimate of drug-likeness (QED) is 0.451. The molecule has 28 heavy (non-hydrogen) atoms. The van der Waals surface area contributed by atoms with Crippen molar-refractivity contribution in [1.29, 1.82) is 0 Å². The van der Waals surface area contributed by atoms with Crippen LogP contribution in [0.4, 0.5) is 4.39 Å². The van der Waals surface area contributed by atoms with E-state index in [9.17, 15) is 9.18 Å². The molecular weight excluding hydrogens is 375 g/mol. The van der Waals surface area contributed by atoms with Crippen molar-refractivity contribution >= 4 is 27.5 Å². The highest BCUT2D eigenvalue weighted by Crippen LogP contribution is 2.37. The number of benzene rings is 2. The second-order valence-corrected chi connectivity index (χ2v) is 7.91. The van der Waals surface area contributed by atoms with Crippen molar-refractivity contribution in [3.8, 4) is 11.3 Å². The number of nitrogens with zero attached hydrogens (tertiary/aromatic N) is 2. The highest BCUT2D eigenvalue weighted by Gasteiger charge is 2.34. The number of furan rings is 1. The molecule has 1 fully saturated rings. The zero-order valence-electron chi connectivity index (χ0n) is 15.0. The van der Waals surface area contributed by atoms with Gasteiger partial charge in [-0.05, 0) is 61.4 Å². The summed E-state index contributed by atoms with van der Waals surface area (Å²) >= 11 is 1.64. The fourth-order valence-electron chi connectivity index (χ4n) is 3.66. The summed E-state index contributed by atoms with van der Waals surface area (Å²) in [5, 5.41) is 0.970. The van der Waals surface area contributed by atoms with Crippen LogP contribution in [0, 0.1) is 5.82 Å². The predicted molar refractivity (Wildman–Crippen MR) is 107 cm³/mol. The van der Waals surface area contributed by atoms with E-state index in [2.05, 4.69) is 6.07 Å². The monoisotopic (exact) mass is 392 g/mol. The van der Waals surface area contributed by atoms with E-state index in [1.807, 2.05) is 23.1 Å². The number of para-hydroxylation sites is 1. The summed E-state index contributed by atoms with van der Waals surface area (Å²) in [4.78, 5) is 19.7. The normalized spacial score (nSPS) is 16.8. The molecule has 0 radical (unpaired) electrons. The van der Waals surface area contributed by atoms with Crippen molar-refractivity contribution < 1.29 is 13.6 Å². The number of aromatic nitrogens is 1. The van der Waals surface area contributed by atoms with Crippen LogP contribution in [0.3, 0.4) is 0 Å². The maximum atomic E-state index is 13.1. The van der Waals surface area contributed by atoms with E-state index in [-0.39, 0.29) is 17.8 Å². The molecule has 6 heteroatoms. The SMILES string of the molecule is O=C(c1ccc(-c2ccc(F)cc2)o1)N1CCC[C@@H]1c1nc2ccccc2s1. The summed E-state index contributed by atoms with van der Waals surface area (Å²) < 4.78 is 20.1. The van der Waals surface area contributed by atoms with E-state index in [1.54, 1.807) is 35.6 Å². The molecule has 3 heterocycles. The van der Waals surface area contributed by atoms with E-state index < -0.39 is 0 Å². The molecule has 1 amide bonds. The van der Waals surface area contributed by atoms with Gasteiger partial charge in [0.1, 0.15) is 16.6 Å². The maximum Gasteiger partial charge on any atom is 0.290 e. The van der Waals surface area contributed by atoms with Crippen LogP contribution in [0.1, 0.15) is 34.4 Å². The highest BCUT2D eigenvalue weighted by molar-refractivity contribution is 7.18. The molecule has 140 valence electrons. The van der Waals surface area contributed by atoms with Crippen molar-refractivity contribution in [2.45, 2.75) is 18.9 Å². The van der Waals surface area contributed by atoms with Crippen LogP contribution in [-0.2, 0) is 0 Å². The second kappa shape index (κ2) is 6.87. The number of rotatable bonds is 3. The molecule has 0 N–H and O–H groups in total. The van der Waals surface area contributed by atoms with Crippen molar-refractivity contribution in [1.82, 2.24) is 9.88 Å². The largest absolute Gasteiger partial charge is 0.451 e. The van der Waals surface area contributed by atoms with Crippen LogP contribution in [0.15, 0.2) is 65.1 Å². The zero-order chi connectivity index (χ0) is 19.1. The summed E-state index contributed by atoms with van der Waals surface area (Å²) in [7, 11) is 0. The fourth-order valence-corrected chi connectivity index (χ4v) is 4.78. The van der Waals surface area contributed by atoms with Gasteiger partial charge in [-0.1, -0.05) is 12.1 Å². The van der Waals surface area contributed by atoms with Gasteiger partial charge in [0.25, 0.3) is 5.91 Å². The third-order valence-corrected chi connectivity index (χ3v) is 6.19. The van der Waals surface area contributed by atoms with Crippen LogP contribution in [0.2, 0.25) is 0 Å². The predicted octanol–water partition coefficient (Wildman–Crippen LogP) is 5.67. The molecule has 4 nitrogen and oxygen atoms in total. The van der Waals surface area contributed by atoms with Crippen molar-refractivity contribution in [2.75, 3.05) is 6.54 Å². The Morgan fingerprint density at radius 2 is 1.93 bits per heavy atom. The van der Waals surface area contributed by atoms with Gasteiger partial charge >= 0.3 is 0 Å². The first-order valence-corrected chi connectivity index (χ1v) is 10.0. The summed E-state index contributed by atoms with van der Waals surface area (Å²) in [6.07, 6.45) is 1.84. The number of likely N-dealkylation sites (tertiary alicyclic amines) is 1. The van der Waals surface area contributed by atoms with Crippen LogP contribution >= 0.6 is 11.3 Å². The zero-order valence-corrected chi connectivity index (χ0v) is 15.8. The smallest absolute Gasteiger partial charge is 0.290 e. The molecule has 2 aromatic carbocycles. The molecule has 1 saturated heterocycles. The molecular formula is C22H17FN2O2S. The third kappa shape index (κ3) is 2.99. The number of carbonyl (C=O) groups is 1. The summed E-state index contributed by atoms with van der Waals surface area (Å²) in [5.74, 6) is 0.420. The van der Waals surface area contributed by atoms with Crippen molar-refractivity contribution in [2.24, 2.45) is 0 Å². The Hall–Kier alpha value is -2.99. The summed E-state index contributed by atoms with van der Waals surface area (Å²) in [6, 6.07) is 17.5. The number of hydrogen-bond donors (Lipinski definition) is 0. The van der Waals surface area contributed by atoms with Gasteiger partial charge in [0.15, 0.2) is 5.76 Å². The molecule has 1 aliphatic heterocycles. The molecule has 0 bridgehead atoms. The van der Waals surface area contributed by atoms with Gasteiger partial charge in [0, 0.05) is 12.1 Å². The van der Waals surface area contributed by atoms with Crippen molar-refractivity contribution in [3.63, 3.8) is 0 Å². The number of thiazole rings is 1. The van der Waals surface area contributed by atoms with Crippen LogP contribution in [0.5, 0.6) is 0 Å². The second-order valence-electron chi connectivity index (χ2n) is 6.85. The maximum absolute atomic E-state index is 13.1. The van der Waals surface area contributed by atoms with Crippen LogP contribution < -0.4 is 0 Å². The first-order valence-electron chi connectivity index (χ1n) is 9.21. The standard InChI is InChI=1S/C22H17FN2O2S/c23-15-9-7-14(8-10-15)18-11-12-19(27-18)22(26)25-13-3-5-17(25)21-24-16-4-1-2-6-20(16)28-21/h1-2,4,6-12,17H,3,5,13H2/t17-/m1/s1. The lowest BCUT2D eigenvalue weighted by Gasteiger charge is -2.21. The number of fused-ring (bicyclic) bond motifs is 1. The molecule has 0 spiro atoms. The van der Waals surface area contributed by atoms with E-state index >= 15 is 0 Å². The van der Waals surface area contributed by atoms with Gasteiger partial charge in [0.05, 0.1) is 16.3 Å². The molecule has 0 saturated carbocycles. The summed E-state index contributed by atoms with van der Waals surface area (Å²) in [5.41, 5.74) is 1.71. The Labute approximate surface area is 165 Å². The molecule has 2 aromatic heterocycles. The lowest BCUT2D eigenvalue weighted by Crippen LogP contribution is -2.30. The van der Waals surface area contributed by atoms with Crippen LogP contribution in [0.25, 0.3) is 21.5 Å². The molecule has 0 unspecified atom stereocenters. The fraction of sp³-hybridized carbons (Fsp3) is 0.182. The Morgan fingerprint density at radius 1 is 1.11 bits per heavy atom. The average Bonchev–Trinajstić information content (AvgIpc) is 3.46. The van der Waals surface area contributed by atoms with Gasteiger partial charge < -0.3 is 9.32 Å². The number of amides is 1. The van der Waals surface area contributed by atoms with Gasteiger partial charge in [-0.3, -0.25) is 4.79 Å². The van der Waals surface area contributed by atoms with Gasteiger partial charge in [0.2, 0.25) is 0 Å². The van der Waals surface area contributed by atoms with Crippen molar-refractivity contribution in [3.05, 3.63) is 77.2 Å². The lowest BCUT2D eigenvalue weighted by molar-refractivity contribution is 0.0704. The van der Waals surface area contributed by atoms with Gasteiger partial charge in [-0.2, -0.15) is 0 Å².